The summed E-state index contributed by atoms with van der Waals surface area (Å²) in [5, 5.41) is 9.37. The summed E-state index contributed by atoms with van der Waals surface area (Å²) in [6, 6.07) is 1.96. The van der Waals surface area contributed by atoms with Gasteiger partial charge in [0, 0.05) is 24.5 Å². The van der Waals surface area contributed by atoms with E-state index in [9.17, 15) is 13.5 Å². The fourth-order valence-corrected chi connectivity index (χ4v) is 4.45. The monoisotopic (exact) mass is 312 g/mol. The molecule has 1 heterocycles. The largest absolute Gasteiger partial charge is 0.390 e. The highest BCUT2D eigenvalue weighted by molar-refractivity contribution is 7.89. The van der Waals surface area contributed by atoms with Crippen LogP contribution >= 0.6 is 0 Å². The van der Waals surface area contributed by atoms with Gasteiger partial charge in [-0.2, -0.15) is 0 Å². The number of aliphatic hydroxyl groups is 1. The Morgan fingerprint density at radius 3 is 2.67 bits per heavy atom. The molecule has 0 saturated heterocycles. The first-order valence-corrected chi connectivity index (χ1v) is 9.29. The first kappa shape index (κ1) is 15.1. The molecule has 2 saturated carbocycles. The van der Waals surface area contributed by atoms with Gasteiger partial charge in [-0.1, -0.05) is 13.3 Å². The van der Waals surface area contributed by atoms with Crippen molar-refractivity contribution in [3.8, 4) is 0 Å². The molecule has 2 atom stereocenters. The first-order chi connectivity index (χ1) is 9.99. The van der Waals surface area contributed by atoms with Crippen molar-refractivity contribution in [2.24, 2.45) is 11.8 Å². The molecule has 2 fully saturated rings. The summed E-state index contributed by atoms with van der Waals surface area (Å²) in [4.78, 5) is 0.282. The maximum atomic E-state index is 12.4. The number of hydrogen-bond donors (Lipinski definition) is 2. The first-order valence-electron chi connectivity index (χ1n) is 7.81. The van der Waals surface area contributed by atoms with Gasteiger partial charge in [-0.05, 0) is 43.6 Å². The third-order valence-electron chi connectivity index (χ3n) is 4.68. The molecule has 0 radical (unpaired) electrons. The second kappa shape index (κ2) is 5.74. The van der Waals surface area contributed by atoms with Crippen LogP contribution in [-0.2, 0) is 16.6 Å². The summed E-state index contributed by atoms with van der Waals surface area (Å²) in [7, 11) is -3.46. The van der Waals surface area contributed by atoms with Crippen LogP contribution in [0.25, 0.3) is 0 Å². The van der Waals surface area contributed by atoms with Gasteiger partial charge in [0.05, 0.1) is 11.5 Å². The lowest BCUT2D eigenvalue weighted by Gasteiger charge is -2.10. The van der Waals surface area contributed by atoms with Crippen molar-refractivity contribution < 1.29 is 13.5 Å². The fourth-order valence-electron chi connectivity index (χ4n) is 3.28. The minimum atomic E-state index is -3.46. The van der Waals surface area contributed by atoms with Gasteiger partial charge in [0.15, 0.2) is 0 Å². The molecular weight excluding hydrogens is 288 g/mol. The van der Waals surface area contributed by atoms with E-state index in [1.807, 2.05) is 4.57 Å². The number of nitrogens with zero attached hydrogens (tertiary/aromatic N) is 1. The van der Waals surface area contributed by atoms with Crippen molar-refractivity contribution in [3.63, 3.8) is 0 Å². The number of hydrogen-bond acceptors (Lipinski definition) is 3. The molecule has 0 aliphatic heterocycles. The van der Waals surface area contributed by atoms with Crippen LogP contribution in [-0.4, -0.2) is 24.6 Å². The third kappa shape index (κ3) is 3.33. The highest BCUT2D eigenvalue weighted by atomic mass is 32.2. The Morgan fingerprint density at radius 2 is 2.10 bits per heavy atom. The van der Waals surface area contributed by atoms with Crippen LogP contribution in [0, 0.1) is 11.8 Å². The summed E-state index contributed by atoms with van der Waals surface area (Å²) in [6.45, 7) is 2.62. The maximum Gasteiger partial charge on any atom is 0.242 e. The van der Waals surface area contributed by atoms with Crippen molar-refractivity contribution in [2.75, 3.05) is 6.54 Å². The fraction of sp³-hybridized carbons (Fsp3) is 0.733. The average molecular weight is 312 g/mol. The molecule has 1 aromatic rings. The zero-order chi connectivity index (χ0) is 15.0. The predicted octanol–water partition coefficient (Wildman–Crippen LogP) is 2.03. The Labute approximate surface area is 126 Å². The molecule has 0 aromatic carbocycles. The summed E-state index contributed by atoms with van der Waals surface area (Å²) in [6.07, 6.45) is 7.20. The zero-order valence-corrected chi connectivity index (χ0v) is 13.3. The van der Waals surface area contributed by atoms with E-state index in [1.165, 1.54) is 6.42 Å². The lowest BCUT2D eigenvalue weighted by atomic mass is 10.1. The van der Waals surface area contributed by atoms with Crippen LogP contribution < -0.4 is 4.72 Å². The third-order valence-corrected chi connectivity index (χ3v) is 6.08. The Balaban J connectivity index is 1.69. The number of rotatable bonds is 6. The van der Waals surface area contributed by atoms with Gasteiger partial charge in [0.1, 0.15) is 0 Å². The van der Waals surface area contributed by atoms with Crippen molar-refractivity contribution in [1.82, 2.24) is 9.29 Å². The summed E-state index contributed by atoms with van der Waals surface area (Å²) < 4.78 is 29.4. The second-order valence-electron chi connectivity index (χ2n) is 6.60. The summed E-state index contributed by atoms with van der Waals surface area (Å²) >= 11 is 0. The molecule has 6 heteroatoms. The lowest BCUT2D eigenvalue weighted by molar-refractivity contribution is 0.270. The normalized spacial score (nSPS) is 26.4. The molecule has 0 spiro atoms. The SMILES string of the molecule is CC1CCC(CNS(=O)(=O)c2cc(CO)n(C3CC3)c2)C1. The molecule has 5 nitrogen and oxygen atoms in total. The quantitative estimate of drug-likeness (QED) is 0.844. The van der Waals surface area contributed by atoms with Gasteiger partial charge < -0.3 is 9.67 Å². The van der Waals surface area contributed by atoms with Gasteiger partial charge in [-0.3, -0.25) is 0 Å². The van der Waals surface area contributed by atoms with E-state index in [2.05, 4.69) is 11.6 Å². The second-order valence-corrected chi connectivity index (χ2v) is 8.37. The minimum Gasteiger partial charge on any atom is -0.390 e. The number of sulfonamides is 1. The van der Waals surface area contributed by atoms with Crippen LogP contribution in [0.3, 0.4) is 0 Å². The molecule has 118 valence electrons. The van der Waals surface area contributed by atoms with E-state index in [0.29, 0.717) is 30.1 Å². The predicted molar refractivity (Wildman–Crippen MR) is 80.3 cm³/mol. The molecular formula is C15H24N2O3S. The van der Waals surface area contributed by atoms with Crippen molar-refractivity contribution in [2.45, 2.75) is 56.6 Å². The number of aliphatic hydroxyl groups excluding tert-OH is 1. The zero-order valence-electron chi connectivity index (χ0n) is 12.5. The molecule has 0 amide bonds. The molecule has 2 N–H and O–H groups in total. The smallest absolute Gasteiger partial charge is 0.242 e. The van der Waals surface area contributed by atoms with E-state index in [-0.39, 0.29) is 11.5 Å². The summed E-state index contributed by atoms with van der Waals surface area (Å²) in [5.74, 6) is 1.16. The Morgan fingerprint density at radius 1 is 1.33 bits per heavy atom. The minimum absolute atomic E-state index is 0.119. The van der Waals surface area contributed by atoms with E-state index in [1.54, 1.807) is 12.3 Å². The molecule has 2 unspecified atom stereocenters. The van der Waals surface area contributed by atoms with Gasteiger partial charge in [0.2, 0.25) is 10.0 Å². The Bertz CT molecular complexity index is 604. The highest BCUT2D eigenvalue weighted by Gasteiger charge is 2.29. The molecule has 0 bridgehead atoms. The highest BCUT2D eigenvalue weighted by Crippen LogP contribution is 2.37. The molecule has 1 aromatic heterocycles. The van der Waals surface area contributed by atoms with Crippen LogP contribution in [0.4, 0.5) is 0 Å². The Hall–Kier alpha value is -0.850. The standard InChI is InChI=1S/C15H24N2O3S/c1-11-2-3-12(6-11)8-16-21(19,20)15-7-14(10-18)17(9-15)13-4-5-13/h7,9,11-13,16,18H,2-6,8,10H2,1H3. The van der Waals surface area contributed by atoms with Crippen LogP contribution in [0.1, 0.15) is 50.8 Å². The number of nitrogens with one attached hydrogen (secondary N) is 1. The van der Waals surface area contributed by atoms with Crippen molar-refractivity contribution >= 4 is 10.0 Å². The van der Waals surface area contributed by atoms with E-state index in [4.69, 9.17) is 0 Å². The van der Waals surface area contributed by atoms with Gasteiger partial charge in [-0.15, -0.1) is 0 Å². The van der Waals surface area contributed by atoms with Crippen LogP contribution in [0.5, 0.6) is 0 Å². The average Bonchev–Trinajstić information content (AvgIpc) is 3.05. The molecule has 3 rings (SSSR count). The Kier molecular flexibility index (Phi) is 4.12. The van der Waals surface area contributed by atoms with Crippen molar-refractivity contribution in [1.29, 1.82) is 0 Å². The number of aromatic nitrogens is 1. The maximum absolute atomic E-state index is 12.4. The summed E-state index contributed by atoms with van der Waals surface area (Å²) in [5.41, 5.74) is 0.687. The topological polar surface area (TPSA) is 71.3 Å². The van der Waals surface area contributed by atoms with Gasteiger partial charge in [0.25, 0.3) is 0 Å². The van der Waals surface area contributed by atoms with Crippen LogP contribution in [0.15, 0.2) is 17.2 Å². The lowest BCUT2D eigenvalue weighted by Crippen LogP contribution is -2.28. The van der Waals surface area contributed by atoms with Crippen LogP contribution in [0.2, 0.25) is 0 Å². The van der Waals surface area contributed by atoms with E-state index in [0.717, 1.165) is 25.7 Å². The van der Waals surface area contributed by atoms with Gasteiger partial charge in [-0.25, -0.2) is 13.1 Å². The van der Waals surface area contributed by atoms with Crippen molar-refractivity contribution in [3.05, 3.63) is 18.0 Å². The van der Waals surface area contributed by atoms with E-state index >= 15 is 0 Å². The molecule has 2 aliphatic carbocycles. The van der Waals surface area contributed by atoms with E-state index < -0.39 is 10.0 Å². The molecule has 2 aliphatic rings. The van der Waals surface area contributed by atoms with Gasteiger partial charge >= 0.3 is 0 Å². The molecule has 21 heavy (non-hydrogen) atoms.